The van der Waals surface area contributed by atoms with E-state index in [0.29, 0.717) is 11.7 Å². The van der Waals surface area contributed by atoms with E-state index in [4.69, 9.17) is 4.52 Å². The van der Waals surface area contributed by atoms with Gasteiger partial charge in [0.25, 0.3) is 0 Å². The molecule has 4 nitrogen and oxygen atoms in total. The van der Waals surface area contributed by atoms with Crippen molar-refractivity contribution in [1.29, 1.82) is 0 Å². The van der Waals surface area contributed by atoms with E-state index < -0.39 is 0 Å². The molecule has 0 aliphatic heterocycles. The Bertz CT molecular complexity index is 651. The summed E-state index contributed by atoms with van der Waals surface area (Å²) >= 11 is 0. The summed E-state index contributed by atoms with van der Waals surface area (Å²) in [6, 6.07) is 8.16. The molecule has 0 aliphatic carbocycles. The van der Waals surface area contributed by atoms with Gasteiger partial charge in [0.15, 0.2) is 0 Å². The van der Waals surface area contributed by atoms with Gasteiger partial charge in [0, 0.05) is 31.1 Å². The molecule has 2 heterocycles. The number of nitrogens with zero attached hydrogens (tertiary/aromatic N) is 3. The molecule has 1 aromatic carbocycles. The molecule has 0 unspecified atom stereocenters. The van der Waals surface area contributed by atoms with E-state index in [1.807, 2.05) is 25.4 Å². The highest BCUT2D eigenvalue weighted by Crippen LogP contribution is 2.26. The second-order valence-corrected chi connectivity index (χ2v) is 3.81. The van der Waals surface area contributed by atoms with Gasteiger partial charge in [-0.25, -0.2) is 0 Å². The van der Waals surface area contributed by atoms with Crippen LogP contribution in [0.25, 0.3) is 22.3 Å². The van der Waals surface area contributed by atoms with Gasteiger partial charge in [0.05, 0.1) is 5.52 Å². The second kappa shape index (κ2) is 3.20. The third-order valence-electron chi connectivity index (χ3n) is 2.67. The SMILES string of the molecule is Cc1nc(-c2cccc3ccn(C)c23)no1. The summed E-state index contributed by atoms with van der Waals surface area (Å²) in [6.07, 6.45) is 2.03. The van der Waals surface area contributed by atoms with Crippen LogP contribution >= 0.6 is 0 Å². The Labute approximate surface area is 92.5 Å². The molecule has 0 saturated carbocycles. The number of fused-ring (bicyclic) bond motifs is 1. The van der Waals surface area contributed by atoms with Gasteiger partial charge < -0.3 is 9.09 Å². The van der Waals surface area contributed by atoms with E-state index in [0.717, 1.165) is 11.1 Å². The normalized spacial score (nSPS) is 11.1. The molecule has 0 aliphatic rings. The van der Waals surface area contributed by atoms with Crippen LogP contribution in [0.15, 0.2) is 35.0 Å². The molecule has 0 amide bonds. The van der Waals surface area contributed by atoms with Crippen molar-refractivity contribution in [2.45, 2.75) is 6.92 Å². The second-order valence-electron chi connectivity index (χ2n) is 3.81. The van der Waals surface area contributed by atoms with Crippen LogP contribution in [-0.4, -0.2) is 14.7 Å². The number of aryl methyl sites for hydroxylation is 2. The maximum atomic E-state index is 5.01. The summed E-state index contributed by atoms with van der Waals surface area (Å²) in [5.41, 5.74) is 2.13. The lowest BCUT2D eigenvalue weighted by molar-refractivity contribution is 0.394. The molecule has 0 saturated heterocycles. The lowest BCUT2D eigenvalue weighted by Gasteiger charge is -2.01. The minimum atomic E-state index is 0.584. The van der Waals surface area contributed by atoms with Crippen LogP contribution in [-0.2, 0) is 7.05 Å². The molecule has 0 spiro atoms. The van der Waals surface area contributed by atoms with Crippen molar-refractivity contribution in [2.75, 3.05) is 0 Å². The largest absolute Gasteiger partial charge is 0.350 e. The van der Waals surface area contributed by atoms with Crippen molar-refractivity contribution in [3.8, 4) is 11.4 Å². The molecular formula is C12H11N3O. The van der Waals surface area contributed by atoms with E-state index in [-0.39, 0.29) is 0 Å². The average molecular weight is 213 g/mol. The standard InChI is InChI=1S/C12H11N3O/c1-8-13-12(14-16-8)10-5-3-4-9-6-7-15(2)11(9)10/h3-7H,1-2H3. The third-order valence-corrected chi connectivity index (χ3v) is 2.67. The highest BCUT2D eigenvalue weighted by atomic mass is 16.5. The zero-order chi connectivity index (χ0) is 11.1. The van der Waals surface area contributed by atoms with Crippen LogP contribution < -0.4 is 0 Å². The molecule has 4 heteroatoms. The number of hydrogen-bond donors (Lipinski definition) is 0. The summed E-state index contributed by atoms with van der Waals surface area (Å²) in [5.74, 6) is 1.23. The molecule has 16 heavy (non-hydrogen) atoms. The smallest absolute Gasteiger partial charge is 0.223 e. The summed E-state index contributed by atoms with van der Waals surface area (Å²) in [6.45, 7) is 1.79. The van der Waals surface area contributed by atoms with Gasteiger partial charge in [0.1, 0.15) is 0 Å². The Morgan fingerprint density at radius 3 is 2.88 bits per heavy atom. The van der Waals surface area contributed by atoms with Crippen LogP contribution in [0.4, 0.5) is 0 Å². The monoisotopic (exact) mass is 213 g/mol. The molecule has 0 fully saturated rings. The van der Waals surface area contributed by atoms with E-state index in [2.05, 4.69) is 26.8 Å². The summed E-state index contributed by atoms with van der Waals surface area (Å²) in [5, 5.41) is 5.14. The molecule has 80 valence electrons. The van der Waals surface area contributed by atoms with Gasteiger partial charge in [-0.2, -0.15) is 4.98 Å². The van der Waals surface area contributed by atoms with Crippen LogP contribution in [0.5, 0.6) is 0 Å². The van der Waals surface area contributed by atoms with E-state index in [1.165, 1.54) is 5.39 Å². The van der Waals surface area contributed by atoms with Gasteiger partial charge in [-0.05, 0) is 12.1 Å². The van der Waals surface area contributed by atoms with E-state index >= 15 is 0 Å². The Balaban J connectivity index is 2.34. The first-order chi connectivity index (χ1) is 7.75. The Morgan fingerprint density at radius 1 is 1.25 bits per heavy atom. The van der Waals surface area contributed by atoms with Crippen molar-refractivity contribution in [3.05, 3.63) is 36.4 Å². The number of benzene rings is 1. The Hall–Kier alpha value is -2.10. The van der Waals surface area contributed by atoms with Crippen molar-refractivity contribution >= 4 is 10.9 Å². The first-order valence-electron chi connectivity index (χ1n) is 5.10. The van der Waals surface area contributed by atoms with Crippen molar-refractivity contribution in [3.63, 3.8) is 0 Å². The molecule has 2 aromatic heterocycles. The number of rotatable bonds is 1. The lowest BCUT2D eigenvalue weighted by Crippen LogP contribution is -1.89. The minimum absolute atomic E-state index is 0.584. The van der Waals surface area contributed by atoms with Gasteiger partial charge >= 0.3 is 0 Å². The Morgan fingerprint density at radius 2 is 2.12 bits per heavy atom. The molecule has 3 aromatic rings. The number of hydrogen-bond acceptors (Lipinski definition) is 3. The topological polar surface area (TPSA) is 43.9 Å². The van der Waals surface area contributed by atoms with Gasteiger partial charge in [-0.3, -0.25) is 0 Å². The van der Waals surface area contributed by atoms with Gasteiger partial charge in [0.2, 0.25) is 11.7 Å². The Kier molecular flexibility index (Phi) is 1.83. The van der Waals surface area contributed by atoms with Crippen molar-refractivity contribution < 1.29 is 4.52 Å². The number of para-hydroxylation sites is 1. The molecule has 3 rings (SSSR count). The fourth-order valence-corrected chi connectivity index (χ4v) is 1.95. The van der Waals surface area contributed by atoms with Crippen LogP contribution in [0.3, 0.4) is 0 Å². The maximum absolute atomic E-state index is 5.01. The van der Waals surface area contributed by atoms with Crippen molar-refractivity contribution in [2.24, 2.45) is 7.05 Å². The zero-order valence-corrected chi connectivity index (χ0v) is 9.14. The summed E-state index contributed by atoms with van der Waals surface area (Å²) in [4.78, 5) is 4.26. The predicted octanol–water partition coefficient (Wildman–Crippen LogP) is 2.54. The van der Waals surface area contributed by atoms with E-state index in [9.17, 15) is 0 Å². The third kappa shape index (κ3) is 1.23. The van der Waals surface area contributed by atoms with Crippen LogP contribution in [0.2, 0.25) is 0 Å². The maximum Gasteiger partial charge on any atom is 0.223 e. The molecular weight excluding hydrogens is 202 g/mol. The molecule has 0 radical (unpaired) electrons. The minimum Gasteiger partial charge on any atom is -0.350 e. The number of aromatic nitrogens is 3. The lowest BCUT2D eigenvalue weighted by atomic mass is 10.1. The fraction of sp³-hybridized carbons (Fsp3) is 0.167. The fourth-order valence-electron chi connectivity index (χ4n) is 1.95. The van der Waals surface area contributed by atoms with Gasteiger partial charge in [-0.1, -0.05) is 17.3 Å². The molecule has 0 N–H and O–H groups in total. The van der Waals surface area contributed by atoms with E-state index in [1.54, 1.807) is 6.92 Å². The summed E-state index contributed by atoms with van der Waals surface area (Å²) < 4.78 is 7.08. The molecule has 0 atom stereocenters. The predicted molar refractivity (Wildman–Crippen MR) is 60.9 cm³/mol. The van der Waals surface area contributed by atoms with Gasteiger partial charge in [-0.15, -0.1) is 0 Å². The highest BCUT2D eigenvalue weighted by molar-refractivity contribution is 5.92. The zero-order valence-electron chi connectivity index (χ0n) is 9.14. The first-order valence-corrected chi connectivity index (χ1v) is 5.10. The molecule has 0 bridgehead atoms. The van der Waals surface area contributed by atoms with Crippen LogP contribution in [0, 0.1) is 6.92 Å². The summed E-state index contributed by atoms with van der Waals surface area (Å²) in [7, 11) is 2.01. The quantitative estimate of drug-likeness (QED) is 0.624. The van der Waals surface area contributed by atoms with Crippen molar-refractivity contribution in [1.82, 2.24) is 14.7 Å². The van der Waals surface area contributed by atoms with Crippen LogP contribution in [0.1, 0.15) is 5.89 Å². The average Bonchev–Trinajstić information content (AvgIpc) is 2.86. The highest BCUT2D eigenvalue weighted by Gasteiger charge is 2.11. The first kappa shape index (κ1) is 9.15.